The van der Waals surface area contributed by atoms with Crippen LogP contribution in [0.3, 0.4) is 0 Å². The number of alkyl halides is 1. The molecular weight excluding hydrogens is 275 g/mol. The molecule has 0 N–H and O–H groups in total. The van der Waals surface area contributed by atoms with Crippen molar-refractivity contribution in [3.8, 4) is 5.75 Å². The minimum atomic E-state index is 0.827. The van der Waals surface area contributed by atoms with Crippen LogP contribution in [0.4, 0.5) is 0 Å². The van der Waals surface area contributed by atoms with Gasteiger partial charge in [0.2, 0.25) is 0 Å². The van der Waals surface area contributed by atoms with Crippen molar-refractivity contribution >= 4 is 22.6 Å². The first kappa shape index (κ1) is 10.8. The summed E-state index contributed by atoms with van der Waals surface area (Å²) >= 11 is 2.37. The highest BCUT2D eigenvalue weighted by Gasteiger charge is 1.98. The van der Waals surface area contributed by atoms with Crippen molar-refractivity contribution in [3.63, 3.8) is 0 Å². The van der Waals surface area contributed by atoms with E-state index in [2.05, 4.69) is 54.6 Å². The number of hydrogen-bond acceptors (Lipinski definition) is 1. The van der Waals surface area contributed by atoms with Gasteiger partial charge in [0, 0.05) is 4.43 Å². The molecule has 0 spiro atoms. The average Bonchev–Trinajstić information content (AvgIpc) is 2.11. The highest BCUT2D eigenvalue weighted by Crippen LogP contribution is 2.19. The van der Waals surface area contributed by atoms with Gasteiger partial charge in [-0.1, -0.05) is 34.7 Å². The average molecular weight is 290 g/mol. The van der Waals surface area contributed by atoms with Gasteiger partial charge >= 0.3 is 0 Å². The van der Waals surface area contributed by atoms with E-state index in [0.29, 0.717) is 0 Å². The lowest BCUT2D eigenvalue weighted by Crippen LogP contribution is -1.99. The van der Waals surface area contributed by atoms with Gasteiger partial charge in [0.15, 0.2) is 0 Å². The van der Waals surface area contributed by atoms with Gasteiger partial charge in [-0.25, -0.2) is 0 Å². The summed E-state index contributed by atoms with van der Waals surface area (Å²) in [7, 11) is 0. The number of rotatable bonds is 4. The maximum absolute atomic E-state index is 5.65. The van der Waals surface area contributed by atoms with Crippen LogP contribution in [0.15, 0.2) is 18.2 Å². The molecule has 0 radical (unpaired) electrons. The summed E-state index contributed by atoms with van der Waals surface area (Å²) in [6, 6.07) is 6.32. The Bertz CT molecular complexity index is 271. The van der Waals surface area contributed by atoms with Crippen LogP contribution >= 0.6 is 22.6 Å². The zero-order valence-electron chi connectivity index (χ0n) is 8.14. The Morgan fingerprint density at radius 3 is 2.77 bits per heavy atom. The fourth-order valence-corrected chi connectivity index (χ4v) is 1.41. The molecular formula is C11H15IO. The monoisotopic (exact) mass is 290 g/mol. The maximum atomic E-state index is 5.65. The molecule has 0 aliphatic rings. The zero-order valence-corrected chi connectivity index (χ0v) is 10.3. The van der Waals surface area contributed by atoms with Crippen molar-refractivity contribution in [1.82, 2.24) is 0 Å². The molecule has 72 valence electrons. The van der Waals surface area contributed by atoms with Gasteiger partial charge in [-0.15, -0.1) is 0 Å². The summed E-state index contributed by atoms with van der Waals surface area (Å²) in [6.45, 7) is 5.00. The normalized spacial score (nSPS) is 10.1. The first-order valence-corrected chi connectivity index (χ1v) is 6.02. The van der Waals surface area contributed by atoms with Crippen molar-refractivity contribution in [2.75, 3.05) is 11.0 Å². The zero-order chi connectivity index (χ0) is 9.68. The van der Waals surface area contributed by atoms with E-state index in [1.807, 2.05) is 0 Å². The lowest BCUT2D eigenvalue weighted by atomic mass is 10.1. The van der Waals surface area contributed by atoms with E-state index in [-0.39, 0.29) is 0 Å². The third-order valence-corrected chi connectivity index (χ3v) is 2.64. The van der Waals surface area contributed by atoms with Crippen LogP contribution in [0.2, 0.25) is 0 Å². The van der Waals surface area contributed by atoms with E-state index in [0.717, 1.165) is 23.2 Å². The van der Waals surface area contributed by atoms with Crippen molar-refractivity contribution in [3.05, 3.63) is 29.3 Å². The fraction of sp³-hybridized carbons (Fsp3) is 0.455. The molecule has 0 aliphatic heterocycles. The molecule has 2 heteroatoms. The molecule has 0 bridgehead atoms. The molecule has 0 atom stereocenters. The minimum absolute atomic E-state index is 0.827. The van der Waals surface area contributed by atoms with E-state index in [1.165, 1.54) is 11.1 Å². The highest BCUT2D eigenvalue weighted by molar-refractivity contribution is 14.1. The van der Waals surface area contributed by atoms with Crippen LogP contribution in [0, 0.1) is 13.8 Å². The van der Waals surface area contributed by atoms with E-state index in [1.54, 1.807) is 0 Å². The molecule has 0 saturated carbocycles. The van der Waals surface area contributed by atoms with Gasteiger partial charge in [0.05, 0.1) is 6.61 Å². The van der Waals surface area contributed by atoms with Gasteiger partial charge in [-0.05, 0) is 37.5 Å². The van der Waals surface area contributed by atoms with Gasteiger partial charge in [-0.3, -0.25) is 0 Å². The Morgan fingerprint density at radius 1 is 1.31 bits per heavy atom. The summed E-state index contributed by atoms with van der Waals surface area (Å²) in [5.41, 5.74) is 2.48. The Morgan fingerprint density at radius 2 is 2.08 bits per heavy atom. The standard InChI is InChI=1S/C11H15IO/c1-9-4-5-10(2)11(8-9)13-7-3-6-12/h4-5,8H,3,6-7H2,1-2H3. The lowest BCUT2D eigenvalue weighted by molar-refractivity contribution is 0.317. The quantitative estimate of drug-likeness (QED) is 0.468. The number of benzene rings is 1. The van der Waals surface area contributed by atoms with E-state index in [9.17, 15) is 0 Å². The molecule has 0 saturated heterocycles. The molecule has 0 aliphatic carbocycles. The number of aryl methyl sites for hydroxylation is 2. The molecule has 1 aromatic rings. The second-order valence-electron chi connectivity index (χ2n) is 3.16. The Labute approximate surface area is 93.6 Å². The Hall–Kier alpha value is -0.250. The van der Waals surface area contributed by atoms with Gasteiger partial charge < -0.3 is 4.74 Å². The van der Waals surface area contributed by atoms with Crippen LogP contribution in [0.1, 0.15) is 17.5 Å². The number of ether oxygens (including phenoxy) is 1. The molecule has 0 fully saturated rings. The lowest BCUT2D eigenvalue weighted by Gasteiger charge is -2.08. The van der Waals surface area contributed by atoms with Crippen LogP contribution < -0.4 is 4.74 Å². The van der Waals surface area contributed by atoms with Crippen molar-refractivity contribution in [2.45, 2.75) is 20.3 Å². The molecule has 1 rings (SSSR count). The summed E-state index contributed by atoms with van der Waals surface area (Å²) in [5, 5.41) is 0. The van der Waals surface area contributed by atoms with Crippen LogP contribution in [0.25, 0.3) is 0 Å². The predicted molar refractivity (Wildman–Crippen MR) is 64.9 cm³/mol. The highest BCUT2D eigenvalue weighted by atomic mass is 127. The van der Waals surface area contributed by atoms with Gasteiger partial charge in [-0.2, -0.15) is 0 Å². The van der Waals surface area contributed by atoms with E-state index in [4.69, 9.17) is 4.74 Å². The number of hydrogen-bond donors (Lipinski definition) is 0. The number of halogens is 1. The molecule has 0 amide bonds. The van der Waals surface area contributed by atoms with Crippen LogP contribution in [-0.2, 0) is 0 Å². The third kappa shape index (κ3) is 3.55. The van der Waals surface area contributed by atoms with Crippen molar-refractivity contribution < 1.29 is 4.74 Å². The molecule has 0 heterocycles. The Kier molecular flexibility index (Phi) is 4.56. The SMILES string of the molecule is Cc1ccc(C)c(OCCCI)c1. The molecule has 1 nitrogen and oxygen atoms in total. The largest absolute Gasteiger partial charge is 0.493 e. The summed E-state index contributed by atoms with van der Waals surface area (Å²) in [6.07, 6.45) is 1.12. The topological polar surface area (TPSA) is 9.23 Å². The Balaban J connectivity index is 2.59. The van der Waals surface area contributed by atoms with E-state index < -0.39 is 0 Å². The summed E-state index contributed by atoms with van der Waals surface area (Å²) in [5.74, 6) is 1.03. The predicted octanol–water partition coefficient (Wildman–Crippen LogP) is 3.51. The van der Waals surface area contributed by atoms with Gasteiger partial charge in [0.1, 0.15) is 5.75 Å². The van der Waals surface area contributed by atoms with Crippen LogP contribution in [-0.4, -0.2) is 11.0 Å². The molecule has 13 heavy (non-hydrogen) atoms. The van der Waals surface area contributed by atoms with Crippen LogP contribution in [0.5, 0.6) is 5.75 Å². The molecule has 1 aromatic carbocycles. The van der Waals surface area contributed by atoms with Crippen molar-refractivity contribution in [2.24, 2.45) is 0 Å². The third-order valence-electron chi connectivity index (χ3n) is 1.88. The minimum Gasteiger partial charge on any atom is -0.493 e. The van der Waals surface area contributed by atoms with Crippen molar-refractivity contribution in [1.29, 1.82) is 0 Å². The smallest absolute Gasteiger partial charge is 0.122 e. The van der Waals surface area contributed by atoms with E-state index >= 15 is 0 Å². The summed E-state index contributed by atoms with van der Waals surface area (Å²) < 4.78 is 6.81. The molecule has 0 aromatic heterocycles. The second-order valence-corrected chi connectivity index (χ2v) is 4.24. The first-order chi connectivity index (χ1) is 6.24. The second kappa shape index (κ2) is 5.47. The maximum Gasteiger partial charge on any atom is 0.122 e. The fourth-order valence-electron chi connectivity index (χ4n) is 1.10. The summed E-state index contributed by atoms with van der Waals surface area (Å²) in [4.78, 5) is 0. The first-order valence-electron chi connectivity index (χ1n) is 4.50. The van der Waals surface area contributed by atoms with Gasteiger partial charge in [0.25, 0.3) is 0 Å². The molecule has 0 unspecified atom stereocenters.